The van der Waals surface area contributed by atoms with Crippen LogP contribution in [0.2, 0.25) is 0 Å². The van der Waals surface area contributed by atoms with Crippen LogP contribution in [0.1, 0.15) is 93.2 Å². The van der Waals surface area contributed by atoms with Crippen molar-refractivity contribution in [3.05, 3.63) is 213 Å². The van der Waals surface area contributed by atoms with E-state index in [4.69, 9.17) is 11.0 Å². The molecule has 0 saturated heterocycles. The number of hydrogen-bond donors (Lipinski definition) is 0. The van der Waals surface area contributed by atoms with Crippen molar-refractivity contribution >= 4 is 44.7 Å². The van der Waals surface area contributed by atoms with Crippen molar-refractivity contribution in [3.8, 4) is 0 Å². The Hall–Kier alpha value is -5.92. The lowest BCUT2D eigenvalue weighted by Gasteiger charge is -2.30. The lowest BCUT2D eigenvalue weighted by atomic mass is 9.74. The maximum atomic E-state index is 6.81. The highest BCUT2D eigenvalue weighted by atomic mass is 16.3. The number of benzene rings is 5. The van der Waals surface area contributed by atoms with E-state index >= 15 is 0 Å². The SMILES string of the molecule is C=C(/C=C1\C(=C)C(C)(C)c2ccccc21)C1=c2cccc/c2=C(C2=Cc3c(ccc4c3oc3ccccc34)C(C)c3ccccc3C(C)(C)C2)/C=C/CCC=C1. The summed E-state index contributed by atoms with van der Waals surface area (Å²) in [4.78, 5) is 0. The molecule has 0 fully saturated rings. The molecule has 1 nitrogen and oxygen atoms in total. The predicted octanol–water partition coefficient (Wildman–Crippen LogP) is 13.2. The second kappa shape index (κ2) is 13.7. The van der Waals surface area contributed by atoms with Crippen LogP contribution < -0.4 is 10.4 Å². The molecule has 0 amide bonds. The van der Waals surface area contributed by atoms with Crippen LogP contribution in [-0.2, 0) is 10.8 Å². The minimum Gasteiger partial charge on any atom is -0.455 e. The van der Waals surface area contributed by atoms with Crippen LogP contribution in [0.3, 0.4) is 0 Å². The Morgan fingerprint density at radius 1 is 0.714 bits per heavy atom. The molecule has 1 unspecified atom stereocenters. The van der Waals surface area contributed by atoms with Crippen LogP contribution in [0.5, 0.6) is 0 Å². The van der Waals surface area contributed by atoms with Crippen LogP contribution in [0, 0.1) is 0 Å². The lowest BCUT2D eigenvalue weighted by molar-refractivity contribution is 0.520. The summed E-state index contributed by atoms with van der Waals surface area (Å²) in [6, 6.07) is 39.8. The Balaban J connectivity index is 1.35. The highest BCUT2D eigenvalue weighted by molar-refractivity contribution is 6.08. The van der Waals surface area contributed by atoms with Gasteiger partial charge in [-0.15, -0.1) is 0 Å². The van der Waals surface area contributed by atoms with Gasteiger partial charge in [0.05, 0.1) is 0 Å². The van der Waals surface area contributed by atoms with Gasteiger partial charge in [0.15, 0.2) is 0 Å². The van der Waals surface area contributed by atoms with Crippen LogP contribution in [0.25, 0.3) is 44.7 Å². The molecule has 3 aliphatic carbocycles. The Labute approximate surface area is 331 Å². The zero-order valence-corrected chi connectivity index (χ0v) is 33.4. The average Bonchev–Trinajstić information content (AvgIpc) is 3.68. The molecule has 276 valence electrons. The summed E-state index contributed by atoms with van der Waals surface area (Å²) in [6.45, 7) is 21.2. The molecule has 1 atom stereocenters. The van der Waals surface area contributed by atoms with E-state index in [1.165, 1.54) is 60.5 Å². The molecule has 0 saturated carbocycles. The number of fused-ring (bicyclic) bond motifs is 8. The largest absolute Gasteiger partial charge is 0.455 e. The van der Waals surface area contributed by atoms with E-state index in [1.54, 1.807) is 0 Å². The van der Waals surface area contributed by atoms with Gasteiger partial charge in [0.25, 0.3) is 0 Å². The second-order valence-corrected chi connectivity index (χ2v) is 17.1. The van der Waals surface area contributed by atoms with Gasteiger partial charge in [-0.1, -0.05) is 175 Å². The maximum absolute atomic E-state index is 6.81. The Kier molecular flexibility index (Phi) is 8.73. The molecule has 56 heavy (non-hydrogen) atoms. The molecule has 1 aromatic heterocycles. The summed E-state index contributed by atoms with van der Waals surface area (Å²) >= 11 is 0. The molecule has 1 heterocycles. The monoisotopic (exact) mass is 726 g/mol. The number of furan rings is 1. The average molecular weight is 727 g/mol. The number of hydrogen-bond acceptors (Lipinski definition) is 1. The molecule has 0 radical (unpaired) electrons. The third-order valence-corrected chi connectivity index (χ3v) is 12.8. The second-order valence-electron chi connectivity index (χ2n) is 17.1. The van der Waals surface area contributed by atoms with Gasteiger partial charge < -0.3 is 4.42 Å². The van der Waals surface area contributed by atoms with E-state index in [-0.39, 0.29) is 16.7 Å². The first-order valence-electron chi connectivity index (χ1n) is 20.2. The third kappa shape index (κ3) is 5.84. The maximum Gasteiger partial charge on any atom is 0.142 e. The topological polar surface area (TPSA) is 13.1 Å². The number of para-hydroxylation sites is 1. The summed E-state index contributed by atoms with van der Waals surface area (Å²) in [5, 5.41) is 4.69. The first kappa shape index (κ1) is 35.8. The van der Waals surface area contributed by atoms with Crippen molar-refractivity contribution in [1.82, 2.24) is 0 Å². The van der Waals surface area contributed by atoms with Gasteiger partial charge in [-0.25, -0.2) is 0 Å². The fraction of sp³-hybridized carbons (Fsp3) is 0.200. The van der Waals surface area contributed by atoms with E-state index in [2.05, 4.69) is 187 Å². The van der Waals surface area contributed by atoms with E-state index in [0.717, 1.165) is 57.9 Å². The van der Waals surface area contributed by atoms with Gasteiger partial charge in [0.2, 0.25) is 0 Å². The first-order valence-corrected chi connectivity index (χ1v) is 20.2. The minimum absolute atomic E-state index is 0.142. The Bertz CT molecular complexity index is 2870. The Morgan fingerprint density at radius 2 is 1.39 bits per heavy atom. The van der Waals surface area contributed by atoms with E-state index in [0.29, 0.717) is 0 Å². The smallest absolute Gasteiger partial charge is 0.142 e. The fourth-order valence-corrected chi connectivity index (χ4v) is 9.61. The highest BCUT2D eigenvalue weighted by Gasteiger charge is 2.36. The van der Waals surface area contributed by atoms with E-state index in [1.807, 2.05) is 0 Å². The van der Waals surface area contributed by atoms with Gasteiger partial charge in [-0.3, -0.25) is 0 Å². The van der Waals surface area contributed by atoms with E-state index < -0.39 is 0 Å². The molecule has 5 aromatic carbocycles. The number of rotatable bonds is 3. The zero-order valence-electron chi connectivity index (χ0n) is 33.4. The lowest BCUT2D eigenvalue weighted by Crippen LogP contribution is -2.30. The van der Waals surface area contributed by atoms with Crippen LogP contribution in [0.15, 0.2) is 174 Å². The molecular formula is C55H50O. The van der Waals surface area contributed by atoms with Crippen molar-refractivity contribution in [3.63, 3.8) is 0 Å². The quantitative estimate of drug-likeness (QED) is 0.177. The van der Waals surface area contributed by atoms with Gasteiger partial charge in [0, 0.05) is 27.7 Å². The van der Waals surface area contributed by atoms with Crippen molar-refractivity contribution in [2.75, 3.05) is 0 Å². The molecule has 0 aliphatic heterocycles. The van der Waals surface area contributed by atoms with Crippen molar-refractivity contribution < 1.29 is 4.42 Å². The molecular weight excluding hydrogens is 677 g/mol. The molecule has 0 spiro atoms. The third-order valence-electron chi connectivity index (χ3n) is 12.8. The minimum atomic E-state index is -0.152. The van der Waals surface area contributed by atoms with Crippen molar-refractivity contribution in [1.29, 1.82) is 0 Å². The highest BCUT2D eigenvalue weighted by Crippen LogP contribution is 2.49. The summed E-state index contributed by atoms with van der Waals surface area (Å²) in [6.07, 6.45) is 16.9. The number of allylic oxidation sites excluding steroid dienone is 9. The summed E-state index contributed by atoms with van der Waals surface area (Å²) in [7, 11) is 0. The fourth-order valence-electron chi connectivity index (χ4n) is 9.61. The zero-order chi connectivity index (χ0) is 38.8. The van der Waals surface area contributed by atoms with Crippen LogP contribution in [0.4, 0.5) is 0 Å². The van der Waals surface area contributed by atoms with E-state index in [9.17, 15) is 0 Å². The van der Waals surface area contributed by atoms with Crippen LogP contribution in [-0.4, -0.2) is 0 Å². The molecule has 9 rings (SSSR count). The van der Waals surface area contributed by atoms with Crippen molar-refractivity contribution in [2.45, 2.75) is 70.6 Å². The van der Waals surface area contributed by atoms with Crippen LogP contribution >= 0.6 is 0 Å². The van der Waals surface area contributed by atoms with Gasteiger partial charge in [-0.2, -0.15) is 0 Å². The molecule has 3 aliphatic rings. The van der Waals surface area contributed by atoms with Gasteiger partial charge in [-0.05, 0) is 115 Å². The van der Waals surface area contributed by atoms with Gasteiger partial charge in [0.1, 0.15) is 11.2 Å². The molecule has 0 N–H and O–H groups in total. The van der Waals surface area contributed by atoms with Crippen molar-refractivity contribution in [2.24, 2.45) is 0 Å². The first-order chi connectivity index (χ1) is 27.0. The molecule has 1 heteroatoms. The summed E-state index contributed by atoms with van der Waals surface area (Å²) < 4.78 is 6.81. The Morgan fingerprint density at radius 3 is 2.21 bits per heavy atom. The summed E-state index contributed by atoms with van der Waals surface area (Å²) in [5.74, 6) is 0.174. The van der Waals surface area contributed by atoms with Gasteiger partial charge >= 0.3 is 0 Å². The summed E-state index contributed by atoms with van der Waals surface area (Å²) in [5.41, 5.74) is 16.3. The molecule has 6 aromatic rings. The standard InChI is InChI=1S/C55H50O/c1-35(32-48-37(3)55(6,7)51-28-18-15-25-45(48)51)39-20-10-8-9-11-22-42(44-24-13-12-23-43(39)44)38-33-49-40(30-31-47-46-26-16-19-29-52(46)56-53(47)49)36(2)41-21-14-17-27-50(41)54(4,5)34-38/h10-33,36H,1,3,8-9,34H2,2,4-7H3/b20-10?,22-11+,38-33?,43-39?,44-42+,48-32+. The molecule has 0 bridgehead atoms. The normalized spacial score (nSPS) is 21.0. The predicted molar refractivity (Wildman–Crippen MR) is 239 cm³/mol.